The molecule has 1 aromatic heterocycles. The molecule has 0 fully saturated rings. The molecule has 0 amide bonds. The molecule has 3 aromatic carbocycles. The summed E-state index contributed by atoms with van der Waals surface area (Å²) >= 11 is 0. The van der Waals surface area contributed by atoms with E-state index in [2.05, 4.69) is 22.5 Å². The number of nitrogens with zero attached hydrogens (tertiary/aromatic N) is 1. The van der Waals surface area contributed by atoms with Crippen molar-refractivity contribution in [1.29, 1.82) is 0 Å². The van der Waals surface area contributed by atoms with Crippen LogP contribution in [0.25, 0.3) is 21.8 Å². The zero-order chi connectivity index (χ0) is 23.0. The molecule has 1 unspecified atom stereocenters. The predicted octanol–water partition coefficient (Wildman–Crippen LogP) is 4.64. The molecule has 0 spiro atoms. The number of aromatic amines is 1. The van der Waals surface area contributed by atoms with Gasteiger partial charge in [0, 0.05) is 35.9 Å². The number of rotatable bonds is 12. The number of aliphatic hydroxyl groups is 1. The molecule has 6 heteroatoms. The maximum atomic E-state index is 10.7. The first-order valence-corrected chi connectivity index (χ1v) is 11.1. The Morgan fingerprint density at radius 3 is 2.48 bits per heavy atom. The molecule has 0 aliphatic rings. The van der Waals surface area contributed by atoms with Gasteiger partial charge in [0.25, 0.3) is 0 Å². The Balaban J connectivity index is 1.34. The molecule has 0 saturated heterocycles. The van der Waals surface area contributed by atoms with E-state index in [1.165, 1.54) is 0 Å². The lowest BCUT2D eigenvalue weighted by atomic mass is 10.1. The Kier molecular flexibility index (Phi) is 7.50. The fourth-order valence-electron chi connectivity index (χ4n) is 3.99. The van der Waals surface area contributed by atoms with Crippen LogP contribution in [0.5, 0.6) is 17.2 Å². The van der Waals surface area contributed by atoms with Gasteiger partial charge in [-0.3, -0.25) is 4.90 Å². The third-order valence-corrected chi connectivity index (χ3v) is 5.51. The van der Waals surface area contributed by atoms with Crippen LogP contribution in [-0.4, -0.2) is 61.1 Å². The van der Waals surface area contributed by atoms with E-state index in [1.807, 2.05) is 66.7 Å². The number of nitrogens with one attached hydrogen (secondary N) is 1. The summed E-state index contributed by atoms with van der Waals surface area (Å²) in [5.74, 6) is 2.17. The highest BCUT2D eigenvalue weighted by Crippen LogP contribution is 2.33. The first-order chi connectivity index (χ1) is 16.2. The highest BCUT2D eigenvalue weighted by atomic mass is 16.5. The molecule has 172 valence electrons. The molecule has 33 heavy (non-hydrogen) atoms. The van der Waals surface area contributed by atoms with Crippen molar-refractivity contribution < 1.29 is 19.3 Å². The van der Waals surface area contributed by atoms with Crippen molar-refractivity contribution in [3.05, 3.63) is 79.4 Å². The predicted molar refractivity (Wildman–Crippen MR) is 132 cm³/mol. The number of para-hydroxylation sites is 3. The smallest absolute Gasteiger partial charge is 0.161 e. The van der Waals surface area contributed by atoms with E-state index in [-0.39, 0.29) is 6.61 Å². The third-order valence-electron chi connectivity index (χ3n) is 5.51. The molecule has 1 heterocycles. The molecule has 4 aromatic rings. The number of hydrogen-bond donors (Lipinski definition) is 2. The molecular formula is C27H30N2O4. The van der Waals surface area contributed by atoms with E-state index in [0.717, 1.165) is 27.6 Å². The van der Waals surface area contributed by atoms with Crippen molar-refractivity contribution in [3.8, 4) is 17.2 Å². The lowest BCUT2D eigenvalue weighted by Crippen LogP contribution is -2.38. The lowest BCUT2D eigenvalue weighted by molar-refractivity contribution is 0.0678. The standard InChI is InChI=1S/C27H30N2O4/c1-3-15-29(16-17-32-25-13-7-6-12-24(25)31-2)18-20(30)19-33-26-14-8-11-23-27(26)21-9-4-5-10-22(21)28-23/h3-14,20,28,30H,1,15-19H2,2H3. The van der Waals surface area contributed by atoms with Crippen LogP contribution in [0.4, 0.5) is 0 Å². The van der Waals surface area contributed by atoms with E-state index < -0.39 is 6.10 Å². The van der Waals surface area contributed by atoms with Gasteiger partial charge in [-0.25, -0.2) is 0 Å². The fourth-order valence-corrected chi connectivity index (χ4v) is 3.99. The van der Waals surface area contributed by atoms with Crippen molar-refractivity contribution in [3.63, 3.8) is 0 Å². The van der Waals surface area contributed by atoms with E-state index in [1.54, 1.807) is 7.11 Å². The van der Waals surface area contributed by atoms with Crippen LogP contribution in [-0.2, 0) is 0 Å². The topological polar surface area (TPSA) is 67.0 Å². The highest BCUT2D eigenvalue weighted by molar-refractivity contribution is 6.10. The summed E-state index contributed by atoms with van der Waals surface area (Å²) in [4.78, 5) is 5.50. The quantitative estimate of drug-likeness (QED) is 0.311. The van der Waals surface area contributed by atoms with Crippen LogP contribution in [0.15, 0.2) is 79.4 Å². The number of benzene rings is 3. The average Bonchev–Trinajstić information content (AvgIpc) is 3.22. The molecule has 0 saturated carbocycles. The molecule has 0 aliphatic carbocycles. The van der Waals surface area contributed by atoms with Crippen LogP contribution in [0.3, 0.4) is 0 Å². The van der Waals surface area contributed by atoms with Crippen molar-refractivity contribution in [2.45, 2.75) is 6.10 Å². The number of ether oxygens (including phenoxy) is 3. The normalized spacial score (nSPS) is 12.2. The Bertz CT molecular complexity index is 1200. The molecule has 1 atom stereocenters. The molecule has 4 rings (SSSR count). The van der Waals surface area contributed by atoms with Gasteiger partial charge in [0.15, 0.2) is 11.5 Å². The molecule has 0 radical (unpaired) electrons. The minimum Gasteiger partial charge on any atom is -0.493 e. The van der Waals surface area contributed by atoms with Gasteiger partial charge in [-0.2, -0.15) is 0 Å². The van der Waals surface area contributed by atoms with Crippen LogP contribution in [0.1, 0.15) is 0 Å². The van der Waals surface area contributed by atoms with Crippen LogP contribution in [0.2, 0.25) is 0 Å². The maximum Gasteiger partial charge on any atom is 0.161 e. The van der Waals surface area contributed by atoms with E-state index in [0.29, 0.717) is 37.7 Å². The summed E-state index contributed by atoms with van der Waals surface area (Å²) < 4.78 is 17.3. The van der Waals surface area contributed by atoms with Crippen molar-refractivity contribution in [2.24, 2.45) is 0 Å². The third kappa shape index (κ3) is 5.48. The molecule has 0 bridgehead atoms. The number of H-pyrrole nitrogens is 1. The SMILES string of the molecule is C=CCN(CCOc1ccccc1OC)CC(O)COc1cccc2[nH]c3ccccc3c12. The number of aliphatic hydroxyl groups excluding tert-OH is 1. The van der Waals surface area contributed by atoms with Crippen molar-refractivity contribution in [2.75, 3.05) is 40.0 Å². The Hall–Kier alpha value is -3.48. The first-order valence-electron chi connectivity index (χ1n) is 11.1. The number of fused-ring (bicyclic) bond motifs is 3. The van der Waals surface area contributed by atoms with Gasteiger partial charge in [0.05, 0.1) is 12.6 Å². The largest absolute Gasteiger partial charge is 0.493 e. The summed E-state index contributed by atoms with van der Waals surface area (Å²) in [6, 6.07) is 21.6. The monoisotopic (exact) mass is 446 g/mol. The van der Waals surface area contributed by atoms with Crippen molar-refractivity contribution >= 4 is 21.8 Å². The summed E-state index contributed by atoms with van der Waals surface area (Å²) in [6.07, 6.45) is 1.17. The second kappa shape index (κ2) is 10.9. The molecule has 2 N–H and O–H groups in total. The minimum atomic E-state index is -0.656. The Morgan fingerprint density at radius 1 is 0.939 bits per heavy atom. The summed E-state index contributed by atoms with van der Waals surface area (Å²) in [6.45, 7) is 6.23. The molecule has 0 aliphatic heterocycles. The number of methoxy groups -OCH3 is 1. The zero-order valence-corrected chi connectivity index (χ0v) is 18.9. The van der Waals surface area contributed by atoms with Gasteiger partial charge < -0.3 is 24.3 Å². The minimum absolute atomic E-state index is 0.194. The zero-order valence-electron chi connectivity index (χ0n) is 18.9. The number of aromatic nitrogens is 1. The van der Waals surface area contributed by atoms with Gasteiger partial charge in [-0.15, -0.1) is 6.58 Å². The fraction of sp³-hybridized carbons (Fsp3) is 0.259. The average molecular weight is 447 g/mol. The van der Waals surface area contributed by atoms with Crippen LogP contribution >= 0.6 is 0 Å². The van der Waals surface area contributed by atoms with Crippen LogP contribution < -0.4 is 14.2 Å². The van der Waals surface area contributed by atoms with E-state index in [4.69, 9.17) is 14.2 Å². The second-order valence-corrected chi connectivity index (χ2v) is 7.86. The Labute approximate surface area is 194 Å². The highest BCUT2D eigenvalue weighted by Gasteiger charge is 2.15. The van der Waals surface area contributed by atoms with Gasteiger partial charge in [0.1, 0.15) is 25.1 Å². The lowest BCUT2D eigenvalue weighted by Gasteiger charge is -2.24. The maximum absolute atomic E-state index is 10.7. The second-order valence-electron chi connectivity index (χ2n) is 7.86. The van der Waals surface area contributed by atoms with E-state index in [9.17, 15) is 5.11 Å². The summed E-state index contributed by atoms with van der Waals surface area (Å²) in [7, 11) is 1.62. The van der Waals surface area contributed by atoms with E-state index >= 15 is 0 Å². The van der Waals surface area contributed by atoms with Crippen molar-refractivity contribution in [1.82, 2.24) is 9.88 Å². The van der Waals surface area contributed by atoms with Gasteiger partial charge in [0.2, 0.25) is 0 Å². The molecular weight excluding hydrogens is 416 g/mol. The number of hydrogen-bond acceptors (Lipinski definition) is 5. The van der Waals surface area contributed by atoms with Gasteiger partial charge >= 0.3 is 0 Å². The molecule has 6 nitrogen and oxygen atoms in total. The Morgan fingerprint density at radius 2 is 1.67 bits per heavy atom. The first kappa shape index (κ1) is 22.7. The summed E-state index contributed by atoms with van der Waals surface area (Å²) in [5, 5.41) is 12.8. The van der Waals surface area contributed by atoms with Crippen LogP contribution in [0, 0.1) is 0 Å². The van der Waals surface area contributed by atoms with Gasteiger partial charge in [-0.1, -0.05) is 42.5 Å². The summed E-state index contributed by atoms with van der Waals surface area (Å²) in [5.41, 5.74) is 2.08. The van der Waals surface area contributed by atoms with Gasteiger partial charge in [-0.05, 0) is 30.3 Å².